The van der Waals surface area contributed by atoms with E-state index in [4.69, 9.17) is 4.74 Å². The first-order valence-electron chi connectivity index (χ1n) is 6.79. The third-order valence-electron chi connectivity index (χ3n) is 3.09. The zero-order chi connectivity index (χ0) is 15.8. The van der Waals surface area contributed by atoms with Crippen molar-refractivity contribution in [3.63, 3.8) is 0 Å². The minimum atomic E-state index is -0.495. The lowest BCUT2D eigenvalue weighted by molar-refractivity contribution is 0.0216. The van der Waals surface area contributed by atoms with E-state index in [1.165, 1.54) is 6.07 Å². The number of rotatable bonds is 1. The number of nitrogens with zero attached hydrogens (tertiary/aromatic N) is 1. The van der Waals surface area contributed by atoms with Crippen LogP contribution in [-0.2, 0) is 4.74 Å². The highest BCUT2D eigenvalue weighted by atomic mass is 79.9. The predicted molar refractivity (Wildman–Crippen MR) is 84.6 cm³/mol. The summed E-state index contributed by atoms with van der Waals surface area (Å²) in [6.07, 6.45) is 1.49. The molecule has 0 bridgehead atoms. The van der Waals surface area contributed by atoms with Crippen molar-refractivity contribution in [1.82, 2.24) is 4.90 Å². The van der Waals surface area contributed by atoms with Crippen LogP contribution >= 0.6 is 15.9 Å². The Labute approximate surface area is 132 Å². The zero-order valence-corrected chi connectivity index (χ0v) is 14.3. The molecule has 0 radical (unpaired) electrons. The fourth-order valence-electron chi connectivity index (χ4n) is 2.09. The predicted octanol–water partition coefficient (Wildman–Crippen LogP) is 4.53. The Hall–Kier alpha value is -1.36. The molecule has 1 aliphatic rings. The van der Waals surface area contributed by atoms with Gasteiger partial charge in [-0.05, 0) is 57.0 Å². The fraction of sp³-hybridized carbons (Fsp3) is 0.438. The van der Waals surface area contributed by atoms with Gasteiger partial charge in [0.25, 0.3) is 0 Å². The molecule has 1 aliphatic heterocycles. The molecule has 1 amide bonds. The van der Waals surface area contributed by atoms with Gasteiger partial charge in [0.2, 0.25) is 0 Å². The summed E-state index contributed by atoms with van der Waals surface area (Å²) in [6.45, 7) is 8.35. The first kappa shape index (κ1) is 16.0. The summed E-state index contributed by atoms with van der Waals surface area (Å²) in [5.41, 5.74) is 1.97. The van der Waals surface area contributed by atoms with Crippen LogP contribution in [0.4, 0.5) is 9.18 Å². The fourth-order valence-corrected chi connectivity index (χ4v) is 2.64. The molecular weight excluding hydrogens is 337 g/mol. The number of benzene rings is 1. The van der Waals surface area contributed by atoms with Crippen molar-refractivity contribution in [2.75, 3.05) is 13.1 Å². The van der Waals surface area contributed by atoms with Crippen molar-refractivity contribution >= 4 is 28.1 Å². The van der Waals surface area contributed by atoms with Gasteiger partial charge in [0, 0.05) is 23.1 Å². The van der Waals surface area contributed by atoms with Crippen LogP contribution in [0, 0.1) is 12.7 Å². The molecule has 21 heavy (non-hydrogen) atoms. The van der Waals surface area contributed by atoms with Crippen LogP contribution in [0.1, 0.15) is 31.9 Å². The number of hydrogen-bond acceptors (Lipinski definition) is 2. The second-order valence-electron chi connectivity index (χ2n) is 6.26. The summed E-state index contributed by atoms with van der Waals surface area (Å²) in [6, 6.07) is 3.32. The quantitative estimate of drug-likeness (QED) is 0.740. The molecule has 1 aromatic rings. The van der Waals surface area contributed by atoms with E-state index in [1.54, 1.807) is 4.90 Å². The number of aryl methyl sites for hydroxylation is 1. The van der Waals surface area contributed by atoms with E-state index >= 15 is 0 Å². The average molecular weight is 356 g/mol. The topological polar surface area (TPSA) is 29.5 Å². The van der Waals surface area contributed by atoms with E-state index in [9.17, 15) is 9.18 Å². The van der Waals surface area contributed by atoms with E-state index in [1.807, 2.05) is 39.8 Å². The number of amides is 1. The van der Waals surface area contributed by atoms with Crippen molar-refractivity contribution in [1.29, 1.82) is 0 Å². The van der Waals surface area contributed by atoms with Crippen molar-refractivity contribution in [3.8, 4) is 0 Å². The van der Waals surface area contributed by atoms with Crippen LogP contribution in [0.3, 0.4) is 0 Å². The lowest BCUT2D eigenvalue weighted by Gasteiger charge is -2.35. The number of hydrogen-bond donors (Lipinski definition) is 0. The molecule has 0 N–H and O–H groups in total. The molecular formula is C16H19BrFNO2. The second-order valence-corrected chi connectivity index (χ2v) is 7.17. The summed E-state index contributed by atoms with van der Waals surface area (Å²) >= 11 is 3.27. The minimum Gasteiger partial charge on any atom is -0.444 e. The summed E-state index contributed by atoms with van der Waals surface area (Å²) in [5, 5.41) is 0. The van der Waals surface area contributed by atoms with Gasteiger partial charge in [0.15, 0.2) is 0 Å². The van der Waals surface area contributed by atoms with Gasteiger partial charge in [0.05, 0.1) is 0 Å². The normalized spacial score (nSPS) is 14.8. The minimum absolute atomic E-state index is 0.259. The van der Waals surface area contributed by atoms with Crippen molar-refractivity contribution in [2.45, 2.75) is 33.3 Å². The third-order valence-corrected chi connectivity index (χ3v) is 3.55. The maximum atomic E-state index is 13.9. The van der Waals surface area contributed by atoms with Crippen molar-refractivity contribution < 1.29 is 13.9 Å². The van der Waals surface area contributed by atoms with E-state index in [2.05, 4.69) is 15.9 Å². The molecule has 1 fully saturated rings. The maximum Gasteiger partial charge on any atom is 0.410 e. The third kappa shape index (κ3) is 4.06. The van der Waals surface area contributed by atoms with Crippen LogP contribution in [0.25, 0.3) is 6.08 Å². The number of ether oxygens (including phenoxy) is 1. The van der Waals surface area contributed by atoms with Gasteiger partial charge in [-0.25, -0.2) is 9.18 Å². The lowest BCUT2D eigenvalue weighted by Crippen LogP contribution is -2.46. The molecule has 0 aromatic heterocycles. The Morgan fingerprint density at radius 3 is 2.52 bits per heavy atom. The molecule has 0 spiro atoms. The molecule has 0 saturated carbocycles. The first-order chi connectivity index (χ1) is 9.65. The van der Waals surface area contributed by atoms with Crippen LogP contribution < -0.4 is 0 Å². The zero-order valence-electron chi connectivity index (χ0n) is 12.7. The Morgan fingerprint density at radius 1 is 1.38 bits per heavy atom. The summed E-state index contributed by atoms with van der Waals surface area (Å²) < 4.78 is 19.9. The van der Waals surface area contributed by atoms with E-state index in [-0.39, 0.29) is 11.9 Å². The van der Waals surface area contributed by atoms with E-state index < -0.39 is 5.60 Å². The highest BCUT2D eigenvalue weighted by Crippen LogP contribution is 2.26. The van der Waals surface area contributed by atoms with Crippen molar-refractivity contribution in [2.24, 2.45) is 0 Å². The van der Waals surface area contributed by atoms with Gasteiger partial charge >= 0.3 is 6.09 Å². The maximum absolute atomic E-state index is 13.9. The molecule has 0 unspecified atom stereocenters. The molecule has 0 atom stereocenters. The standard InChI is InChI=1S/C16H19BrFNO2/c1-10-5-12(17)7-14(18)13(10)6-11-8-19(9-11)15(20)21-16(2,3)4/h5-7H,8-9H2,1-4H3. The Bertz CT molecular complexity index is 574. The summed E-state index contributed by atoms with van der Waals surface area (Å²) in [4.78, 5) is 13.4. The van der Waals surface area contributed by atoms with E-state index in [0.717, 1.165) is 15.6 Å². The highest BCUT2D eigenvalue weighted by Gasteiger charge is 2.29. The number of halogens is 2. The smallest absolute Gasteiger partial charge is 0.410 e. The Kier molecular flexibility index (Phi) is 4.42. The lowest BCUT2D eigenvalue weighted by atomic mass is 10.0. The van der Waals surface area contributed by atoms with Crippen LogP contribution in [0.5, 0.6) is 0 Å². The van der Waals surface area contributed by atoms with Gasteiger partial charge in [-0.2, -0.15) is 0 Å². The molecule has 0 aliphatic carbocycles. The van der Waals surface area contributed by atoms with Crippen LogP contribution in [-0.4, -0.2) is 29.7 Å². The summed E-state index contributed by atoms with van der Waals surface area (Å²) in [5.74, 6) is -0.259. The van der Waals surface area contributed by atoms with Crippen LogP contribution in [0.2, 0.25) is 0 Å². The number of likely N-dealkylation sites (tertiary alicyclic amines) is 1. The van der Waals surface area contributed by atoms with Gasteiger partial charge in [-0.1, -0.05) is 15.9 Å². The van der Waals surface area contributed by atoms with Gasteiger partial charge in [-0.15, -0.1) is 0 Å². The Morgan fingerprint density at radius 2 is 2.00 bits per heavy atom. The van der Waals surface area contributed by atoms with Gasteiger partial charge in [0.1, 0.15) is 11.4 Å². The SMILES string of the molecule is Cc1cc(Br)cc(F)c1C=C1CN(C(=O)OC(C)(C)C)C1. The molecule has 114 valence electrons. The van der Waals surface area contributed by atoms with Crippen LogP contribution in [0.15, 0.2) is 22.2 Å². The molecule has 2 rings (SSSR count). The molecule has 5 heteroatoms. The first-order valence-corrected chi connectivity index (χ1v) is 7.58. The molecule has 1 heterocycles. The number of carbonyl (C=O) groups is 1. The molecule has 3 nitrogen and oxygen atoms in total. The summed E-state index contributed by atoms with van der Waals surface area (Å²) in [7, 11) is 0. The van der Waals surface area contributed by atoms with Gasteiger partial charge < -0.3 is 9.64 Å². The monoisotopic (exact) mass is 355 g/mol. The second kappa shape index (κ2) is 5.79. The largest absolute Gasteiger partial charge is 0.444 e. The van der Waals surface area contributed by atoms with Gasteiger partial charge in [-0.3, -0.25) is 0 Å². The highest BCUT2D eigenvalue weighted by molar-refractivity contribution is 9.10. The molecule has 1 saturated heterocycles. The average Bonchev–Trinajstić information content (AvgIpc) is 2.21. The van der Waals surface area contributed by atoms with E-state index in [0.29, 0.717) is 18.7 Å². The number of carbonyl (C=O) groups excluding carboxylic acids is 1. The molecule has 1 aromatic carbocycles. The van der Waals surface area contributed by atoms with Crippen molar-refractivity contribution in [3.05, 3.63) is 39.1 Å². The Balaban J connectivity index is 2.03.